The zero-order chi connectivity index (χ0) is 16.4. The van der Waals surface area contributed by atoms with Gasteiger partial charge in [0.25, 0.3) is 0 Å². The molecule has 0 saturated heterocycles. The topological polar surface area (TPSA) is 79.0 Å². The Labute approximate surface area is 134 Å². The Morgan fingerprint density at radius 3 is 2.61 bits per heavy atom. The SMILES string of the molecule is CCc1nn2c(C)cc(C)nc2c1Cc1ccc(N=[N+]=[N-])cc1. The second kappa shape index (κ2) is 6.10. The lowest BCUT2D eigenvalue weighted by Crippen LogP contribution is -1.98. The maximum absolute atomic E-state index is 8.47. The first-order valence-corrected chi connectivity index (χ1v) is 7.61. The highest BCUT2D eigenvalue weighted by Crippen LogP contribution is 2.22. The van der Waals surface area contributed by atoms with Gasteiger partial charge in [0.15, 0.2) is 5.65 Å². The number of aromatic nitrogens is 3. The Bertz CT molecular complexity index is 901. The quantitative estimate of drug-likeness (QED) is 0.405. The number of rotatable bonds is 4. The molecule has 2 aromatic heterocycles. The maximum atomic E-state index is 8.47. The van der Waals surface area contributed by atoms with Gasteiger partial charge in [-0.1, -0.05) is 36.3 Å². The summed E-state index contributed by atoms with van der Waals surface area (Å²) < 4.78 is 1.93. The van der Waals surface area contributed by atoms with Gasteiger partial charge in [0.05, 0.1) is 5.69 Å². The standard InChI is InChI=1S/C17H18N6/c1-4-16-15(10-13-5-7-14(8-6-13)20-22-18)17-19-11(2)9-12(3)23(17)21-16/h5-9H,4,10H2,1-3H3. The molecular weight excluding hydrogens is 288 g/mol. The van der Waals surface area contributed by atoms with Gasteiger partial charge >= 0.3 is 0 Å². The van der Waals surface area contributed by atoms with Crippen LogP contribution in [0.4, 0.5) is 5.69 Å². The smallest absolute Gasteiger partial charge is 0.159 e. The lowest BCUT2D eigenvalue weighted by atomic mass is 10.0. The van der Waals surface area contributed by atoms with Crippen LogP contribution in [0.1, 0.15) is 35.1 Å². The van der Waals surface area contributed by atoms with Crippen LogP contribution in [0.15, 0.2) is 35.4 Å². The van der Waals surface area contributed by atoms with E-state index in [0.29, 0.717) is 5.69 Å². The number of hydrogen-bond donors (Lipinski definition) is 0. The van der Waals surface area contributed by atoms with Crippen molar-refractivity contribution in [2.75, 3.05) is 0 Å². The van der Waals surface area contributed by atoms with Gasteiger partial charge in [0, 0.05) is 34.0 Å². The third kappa shape index (κ3) is 2.89. The van der Waals surface area contributed by atoms with Gasteiger partial charge in [-0.2, -0.15) is 5.10 Å². The molecule has 0 aliphatic carbocycles. The summed E-state index contributed by atoms with van der Waals surface area (Å²) in [5.41, 5.74) is 15.5. The maximum Gasteiger partial charge on any atom is 0.159 e. The Morgan fingerprint density at radius 1 is 1.22 bits per heavy atom. The van der Waals surface area contributed by atoms with Crippen LogP contribution in [0.5, 0.6) is 0 Å². The summed E-state index contributed by atoms with van der Waals surface area (Å²) in [7, 11) is 0. The summed E-state index contributed by atoms with van der Waals surface area (Å²) in [6, 6.07) is 9.66. The van der Waals surface area contributed by atoms with E-state index in [0.717, 1.165) is 46.7 Å². The highest BCUT2D eigenvalue weighted by atomic mass is 15.3. The molecule has 6 nitrogen and oxygen atoms in total. The van der Waals surface area contributed by atoms with E-state index in [2.05, 4.69) is 21.9 Å². The van der Waals surface area contributed by atoms with Crippen LogP contribution < -0.4 is 0 Å². The molecule has 116 valence electrons. The molecule has 0 amide bonds. The predicted molar refractivity (Wildman–Crippen MR) is 89.9 cm³/mol. The highest BCUT2D eigenvalue weighted by molar-refractivity contribution is 5.54. The average Bonchev–Trinajstić information content (AvgIpc) is 2.88. The van der Waals surface area contributed by atoms with Gasteiger partial charge in [-0.15, -0.1) is 0 Å². The van der Waals surface area contributed by atoms with Crippen LogP contribution in [0.3, 0.4) is 0 Å². The van der Waals surface area contributed by atoms with Crippen LogP contribution in [0.2, 0.25) is 0 Å². The number of benzene rings is 1. The second-order valence-electron chi connectivity index (χ2n) is 5.59. The normalized spacial score (nSPS) is 10.7. The van der Waals surface area contributed by atoms with Gasteiger partial charge in [-0.05, 0) is 37.4 Å². The third-order valence-electron chi connectivity index (χ3n) is 3.89. The highest BCUT2D eigenvalue weighted by Gasteiger charge is 2.15. The van der Waals surface area contributed by atoms with Crippen LogP contribution in [0, 0.1) is 13.8 Å². The molecule has 0 aliphatic heterocycles. The number of fused-ring (bicyclic) bond motifs is 1. The Kier molecular flexibility index (Phi) is 4.00. The monoisotopic (exact) mass is 306 g/mol. The van der Waals surface area contributed by atoms with E-state index in [1.807, 2.05) is 48.7 Å². The van der Waals surface area contributed by atoms with Gasteiger partial charge in [0.2, 0.25) is 0 Å². The molecule has 23 heavy (non-hydrogen) atoms. The summed E-state index contributed by atoms with van der Waals surface area (Å²) >= 11 is 0. The van der Waals surface area contributed by atoms with Gasteiger partial charge < -0.3 is 0 Å². The lowest BCUT2D eigenvalue weighted by Gasteiger charge is -2.04. The molecule has 0 fully saturated rings. The van der Waals surface area contributed by atoms with Crippen molar-refractivity contribution in [3.8, 4) is 0 Å². The summed E-state index contributed by atoms with van der Waals surface area (Å²) in [4.78, 5) is 7.48. The molecule has 3 rings (SSSR count). The summed E-state index contributed by atoms with van der Waals surface area (Å²) in [6.45, 7) is 6.16. The predicted octanol–water partition coefficient (Wildman–Crippen LogP) is 4.44. The van der Waals surface area contributed by atoms with Crippen molar-refractivity contribution in [2.24, 2.45) is 5.11 Å². The molecule has 0 spiro atoms. The largest absolute Gasteiger partial charge is 0.234 e. The molecule has 0 unspecified atom stereocenters. The molecule has 0 N–H and O–H groups in total. The van der Waals surface area contributed by atoms with Gasteiger partial charge in [-0.25, -0.2) is 9.50 Å². The lowest BCUT2D eigenvalue weighted by molar-refractivity contribution is 0.849. The van der Waals surface area contributed by atoms with Crippen molar-refractivity contribution in [1.29, 1.82) is 0 Å². The van der Waals surface area contributed by atoms with Gasteiger partial charge in [0.1, 0.15) is 0 Å². The van der Waals surface area contributed by atoms with E-state index in [-0.39, 0.29) is 0 Å². The minimum atomic E-state index is 0.622. The zero-order valence-electron chi connectivity index (χ0n) is 13.5. The van der Waals surface area contributed by atoms with Crippen LogP contribution in [-0.2, 0) is 12.8 Å². The Morgan fingerprint density at radius 2 is 1.96 bits per heavy atom. The average molecular weight is 306 g/mol. The molecule has 0 saturated carbocycles. The Hall–Kier alpha value is -2.85. The first-order valence-electron chi connectivity index (χ1n) is 7.61. The molecule has 0 bridgehead atoms. The fourth-order valence-corrected chi connectivity index (χ4v) is 2.81. The molecule has 3 aromatic rings. The number of azide groups is 1. The van der Waals surface area contributed by atoms with E-state index in [1.54, 1.807) is 0 Å². The van der Waals surface area contributed by atoms with E-state index in [9.17, 15) is 0 Å². The van der Waals surface area contributed by atoms with E-state index in [4.69, 9.17) is 10.6 Å². The third-order valence-corrected chi connectivity index (χ3v) is 3.89. The number of hydrogen-bond acceptors (Lipinski definition) is 3. The van der Waals surface area contributed by atoms with Crippen molar-refractivity contribution in [2.45, 2.75) is 33.6 Å². The zero-order valence-corrected chi connectivity index (χ0v) is 13.5. The summed E-state index contributed by atoms with van der Waals surface area (Å²) in [6.07, 6.45) is 1.63. The number of aryl methyl sites for hydroxylation is 3. The minimum Gasteiger partial charge on any atom is -0.234 e. The second-order valence-corrected chi connectivity index (χ2v) is 5.59. The Balaban J connectivity index is 2.06. The van der Waals surface area contributed by atoms with E-state index < -0.39 is 0 Å². The molecule has 0 atom stereocenters. The summed E-state index contributed by atoms with van der Waals surface area (Å²) in [5.74, 6) is 0. The molecular formula is C17H18N6. The van der Waals surface area contributed by atoms with E-state index in [1.165, 1.54) is 0 Å². The van der Waals surface area contributed by atoms with Crippen molar-refractivity contribution >= 4 is 11.3 Å². The minimum absolute atomic E-state index is 0.622. The van der Waals surface area contributed by atoms with E-state index >= 15 is 0 Å². The fraction of sp³-hybridized carbons (Fsp3) is 0.294. The summed E-state index contributed by atoms with van der Waals surface area (Å²) in [5, 5.41) is 8.31. The van der Waals surface area contributed by atoms with Crippen molar-refractivity contribution in [3.05, 3.63) is 69.0 Å². The molecule has 1 aromatic carbocycles. The van der Waals surface area contributed by atoms with Crippen LogP contribution in [-0.4, -0.2) is 14.6 Å². The van der Waals surface area contributed by atoms with Crippen molar-refractivity contribution < 1.29 is 0 Å². The molecule has 6 heteroatoms. The van der Waals surface area contributed by atoms with Crippen LogP contribution in [0.25, 0.3) is 16.1 Å². The fourth-order valence-electron chi connectivity index (χ4n) is 2.81. The molecule has 0 radical (unpaired) electrons. The molecule has 0 aliphatic rings. The first kappa shape index (κ1) is 15.1. The molecule has 2 heterocycles. The van der Waals surface area contributed by atoms with Crippen molar-refractivity contribution in [1.82, 2.24) is 14.6 Å². The van der Waals surface area contributed by atoms with Crippen molar-refractivity contribution in [3.63, 3.8) is 0 Å². The van der Waals surface area contributed by atoms with Crippen LogP contribution >= 0.6 is 0 Å². The van der Waals surface area contributed by atoms with Gasteiger partial charge in [-0.3, -0.25) is 0 Å². The first-order chi connectivity index (χ1) is 11.1. The number of nitrogens with zero attached hydrogens (tertiary/aromatic N) is 6.